The van der Waals surface area contributed by atoms with Gasteiger partial charge in [0.05, 0.1) is 29.6 Å². The van der Waals surface area contributed by atoms with Crippen molar-refractivity contribution in [1.29, 1.82) is 0 Å². The van der Waals surface area contributed by atoms with Gasteiger partial charge < -0.3 is 30.0 Å². The zero-order valence-corrected chi connectivity index (χ0v) is 24.1. The van der Waals surface area contributed by atoms with Gasteiger partial charge in [-0.05, 0) is 70.1 Å². The van der Waals surface area contributed by atoms with Crippen LogP contribution in [0.25, 0.3) is 28.2 Å². The van der Waals surface area contributed by atoms with E-state index in [9.17, 15) is 9.59 Å². The fraction of sp³-hybridized carbons (Fsp3) is 0.323. The molecule has 2 amide bonds. The largest absolute Gasteiger partial charge is 0.497 e. The summed E-state index contributed by atoms with van der Waals surface area (Å²) in [4.78, 5) is 31.5. The molecule has 2 aliphatic heterocycles. The van der Waals surface area contributed by atoms with Gasteiger partial charge in [0.15, 0.2) is 11.6 Å². The fourth-order valence-corrected chi connectivity index (χ4v) is 5.76. The van der Waals surface area contributed by atoms with Crippen molar-refractivity contribution in [1.82, 2.24) is 25.0 Å². The van der Waals surface area contributed by atoms with Gasteiger partial charge in [0.25, 0.3) is 0 Å². The first-order chi connectivity index (χ1) is 20.2. The minimum atomic E-state index is -0.481. The normalized spacial score (nSPS) is 15.8. The molecule has 2 aromatic carbocycles. The predicted molar refractivity (Wildman–Crippen MR) is 159 cm³/mol. The molecule has 0 unspecified atom stereocenters. The number of nitrogens with zero attached hydrogens (tertiary/aromatic N) is 3. The number of anilines is 1. The zero-order valence-electron chi connectivity index (χ0n) is 24.1. The highest BCUT2D eigenvalue weighted by molar-refractivity contribution is 6.16. The molecule has 10 nitrogen and oxygen atoms in total. The lowest BCUT2D eigenvalue weighted by Crippen LogP contribution is -2.35. The second-order valence-electron chi connectivity index (χ2n) is 10.7. The topological polar surface area (TPSA) is 114 Å². The quantitative estimate of drug-likeness (QED) is 0.264. The summed E-state index contributed by atoms with van der Waals surface area (Å²) >= 11 is 0. The molecule has 0 atom stereocenters. The first kappa shape index (κ1) is 27.5. The third-order valence-corrected chi connectivity index (χ3v) is 7.98. The highest BCUT2D eigenvalue weighted by Gasteiger charge is 2.30. The standard InChI is InChI=1S/C31H33FN6O4/c1-17-27(18(2)37(3)36-17)29-22(21-14-20(41-4)15-24(32)28(21)35-29)16-26-30(39)23-13-19(7-8-25(23)42-26)34-31(40)33-9-12-38-10-5-6-11-38/h7-8,13-16,35H,5-6,9-12H2,1-4H3,(H2,33,34,40). The van der Waals surface area contributed by atoms with Crippen LogP contribution in [0.2, 0.25) is 0 Å². The van der Waals surface area contributed by atoms with Crippen LogP contribution in [0.1, 0.15) is 40.2 Å². The number of aryl methyl sites for hydroxylation is 2. The molecule has 2 aromatic heterocycles. The van der Waals surface area contributed by atoms with E-state index >= 15 is 4.39 Å². The Labute approximate surface area is 242 Å². The van der Waals surface area contributed by atoms with E-state index in [-0.39, 0.29) is 23.1 Å². The number of likely N-dealkylation sites (tertiary alicyclic amines) is 1. The number of nitrogens with one attached hydrogen (secondary N) is 3. The number of carbonyl (C=O) groups is 2. The highest BCUT2D eigenvalue weighted by atomic mass is 19.1. The van der Waals surface area contributed by atoms with Gasteiger partial charge >= 0.3 is 6.03 Å². The molecule has 0 saturated carbocycles. The van der Waals surface area contributed by atoms with E-state index < -0.39 is 5.82 Å². The smallest absolute Gasteiger partial charge is 0.319 e. The highest BCUT2D eigenvalue weighted by Crippen LogP contribution is 2.40. The van der Waals surface area contributed by atoms with Crippen LogP contribution in [0.15, 0.2) is 36.1 Å². The Kier molecular flexibility index (Phi) is 7.19. The second-order valence-corrected chi connectivity index (χ2v) is 10.7. The summed E-state index contributed by atoms with van der Waals surface area (Å²) in [7, 11) is 3.32. The summed E-state index contributed by atoms with van der Waals surface area (Å²) < 4.78 is 28.2. The SMILES string of the molecule is COc1cc(F)c2[nH]c(-c3c(C)nn(C)c3C)c(C=C3Oc4ccc(NC(=O)NCCN5CCCC5)cc4C3=O)c2c1. The number of hydrogen-bond acceptors (Lipinski definition) is 6. The Bertz CT molecular complexity index is 1750. The molecule has 3 N–H and O–H groups in total. The Morgan fingerprint density at radius 3 is 2.71 bits per heavy atom. The van der Waals surface area contributed by atoms with E-state index in [2.05, 4.69) is 25.6 Å². The molecule has 2 aliphatic rings. The van der Waals surface area contributed by atoms with Crippen LogP contribution in [-0.4, -0.2) is 64.8 Å². The lowest BCUT2D eigenvalue weighted by atomic mass is 10.0. The maximum absolute atomic E-state index is 15.2. The molecule has 11 heteroatoms. The van der Waals surface area contributed by atoms with Crippen molar-refractivity contribution < 1.29 is 23.5 Å². The zero-order chi connectivity index (χ0) is 29.5. The van der Waals surface area contributed by atoms with E-state index in [0.717, 1.165) is 36.6 Å². The molecule has 4 heterocycles. The number of aromatic amines is 1. The summed E-state index contributed by atoms with van der Waals surface area (Å²) in [5.41, 5.74) is 4.73. The Hall–Kier alpha value is -4.64. The van der Waals surface area contributed by atoms with Crippen molar-refractivity contribution in [3.63, 3.8) is 0 Å². The van der Waals surface area contributed by atoms with Crippen LogP contribution in [0.3, 0.4) is 0 Å². The number of halogens is 1. The first-order valence-electron chi connectivity index (χ1n) is 14.0. The molecular weight excluding hydrogens is 539 g/mol. The molecule has 1 saturated heterocycles. The van der Waals surface area contributed by atoms with Crippen LogP contribution >= 0.6 is 0 Å². The molecule has 1 fully saturated rings. The van der Waals surface area contributed by atoms with Gasteiger partial charge in [-0.1, -0.05) is 0 Å². The van der Waals surface area contributed by atoms with Crippen LogP contribution in [0, 0.1) is 19.7 Å². The van der Waals surface area contributed by atoms with Crippen molar-refractivity contribution in [3.05, 3.63) is 64.4 Å². The molecule has 0 radical (unpaired) electrons. The third kappa shape index (κ3) is 5.00. The number of H-pyrrole nitrogens is 1. The Morgan fingerprint density at radius 2 is 2.00 bits per heavy atom. The summed E-state index contributed by atoms with van der Waals surface area (Å²) in [5.74, 6) is -0.00894. The van der Waals surface area contributed by atoms with Crippen LogP contribution in [-0.2, 0) is 7.05 Å². The number of aromatic nitrogens is 3. The minimum absolute atomic E-state index is 0.0850. The van der Waals surface area contributed by atoms with Crippen LogP contribution in [0.5, 0.6) is 11.5 Å². The van der Waals surface area contributed by atoms with Gasteiger partial charge in [0.2, 0.25) is 5.78 Å². The molecule has 0 aliphatic carbocycles. The van der Waals surface area contributed by atoms with Crippen LogP contribution in [0.4, 0.5) is 14.9 Å². The maximum Gasteiger partial charge on any atom is 0.319 e. The summed E-state index contributed by atoms with van der Waals surface area (Å²) in [5, 5.41) is 10.7. The molecule has 0 bridgehead atoms. The van der Waals surface area contributed by atoms with E-state index in [1.54, 1.807) is 35.0 Å². The maximum atomic E-state index is 15.2. The van der Waals surface area contributed by atoms with E-state index in [1.165, 1.54) is 26.0 Å². The molecular formula is C31H33FN6O4. The van der Waals surface area contributed by atoms with Gasteiger partial charge in [0.1, 0.15) is 11.5 Å². The number of ketones is 1. The summed E-state index contributed by atoms with van der Waals surface area (Å²) in [6, 6.07) is 7.65. The molecule has 4 aromatic rings. The summed E-state index contributed by atoms with van der Waals surface area (Å²) in [6.45, 7) is 7.29. The average Bonchev–Trinajstić information content (AvgIpc) is 3.72. The van der Waals surface area contributed by atoms with Gasteiger partial charge in [-0.3, -0.25) is 9.48 Å². The van der Waals surface area contributed by atoms with Gasteiger partial charge in [-0.2, -0.15) is 5.10 Å². The van der Waals surface area contributed by atoms with Gasteiger partial charge in [-0.25, -0.2) is 9.18 Å². The van der Waals surface area contributed by atoms with Crippen molar-refractivity contribution in [2.45, 2.75) is 26.7 Å². The molecule has 218 valence electrons. The lowest BCUT2D eigenvalue weighted by molar-refractivity contribution is 0.101. The van der Waals surface area contributed by atoms with Crippen molar-refractivity contribution in [3.8, 4) is 22.8 Å². The molecule has 6 rings (SSSR count). The Morgan fingerprint density at radius 1 is 1.21 bits per heavy atom. The number of urea groups is 1. The number of carbonyl (C=O) groups excluding carboxylic acids is 2. The van der Waals surface area contributed by atoms with E-state index in [4.69, 9.17) is 9.47 Å². The average molecular weight is 573 g/mol. The number of Topliss-reactive ketones (excluding diaryl/α,β-unsaturated/α-hetero) is 1. The lowest BCUT2D eigenvalue weighted by Gasteiger charge is -2.15. The number of rotatable bonds is 7. The number of amides is 2. The monoisotopic (exact) mass is 572 g/mol. The first-order valence-corrected chi connectivity index (χ1v) is 14.0. The van der Waals surface area contributed by atoms with Crippen molar-refractivity contribution >= 4 is 34.5 Å². The van der Waals surface area contributed by atoms with E-state index in [1.807, 2.05) is 20.9 Å². The van der Waals surface area contributed by atoms with Crippen molar-refractivity contribution in [2.75, 3.05) is 38.6 Å². The number of fused-ring (bicyclic) bond motifs is 2. The second kappa shape index (κ2) is 11.0. The number of allylic oxidation sites excluding steroid dienone is 1. The molecule has 0 spiro atoms. The molecule has 42 heavy (non-hydrogen) atoms. The van der Waals surface area contributed by atoms with Gasteiger partial charge in [0, 0.05) is 54.1 Å². The third-order valence-electron chi connectivity index (χ3n) is 7.98. The summed E-state index contributed by atoms with van der Waals surface area (Å²) in [6.07, 6.45) is 4.02. The Balaban J connectivity index is 1.30. The number of ether oxygens (including phenoxy) is 2. The predicted octanol–water partition coefficient (Wildman–Crippen LogP) is 5.17. The van der Waals surface area contributed by atoms with Gasteiger partial charge in [-0.15, -0.1) is 0 Å². The number of methoxy groups -OCH3 is 1. The van der Waals surface area contributed by atoms with Crippen LogP contribution < -0.4 is 20.1 Å². The fourth-order valence-electron chi connectivity index (χ4n) is 5.76. The van der Waals surface area contributed by atoms with E-state index in [0.29, 0.717) is 45.9 Å². The van der Waals surface area contributed by atoms with Crippen molar-refractivity contribution in [2.24, 2.45) is 7.05 Å². The minimum Gasteiger partial charge on any atom is -0.497 e. The number of hydrogen-bond donors (Lipinski definition) is 3. The number of benzene rings is 2.